The molecule has 0 atom stereocenters. The average molecular weight is 502 g/mol. The molecule has 0 bridgehead atoms. The number of nitrogens with one attached hydrogen (secondary N) is 2. The van der Waals surface area contributed by atoms with Crippen molar-refractivity contribution in [3.63, 3.8) is 0 Å². The van der Waals surface area contributed by atoms with Gasteiger partial charge in [0.1, 0.15) is 5.82 Å². The molecule has 0 unspecified atom stereocenters. The van der Waals surface area contributed by atoms with Gasteiger partial charge in [0.15, 0.2) is 5.65 Å². The first-order valence-electron chi connectivity index (χ1n) is 12.8. The Morgan fingerprint density at radius 3 is 2.53 bits per heavy atom. The van der Waals surface area contributed by atoms with Crippen LogP contribution in [0.25, 0.3) is 16.9 Å². The number of benzene rings is 2. The third kappa shape index (κ3) is 4.82. The molecule has 0 spiro atoms. The minimum atomic E-state index is -0.366. The second kappa shape index (κ2) is 10.7. The van der Waals surface area contributed by atoms with E-state index < -0.39 is 0 Å². The minimum Gasteiger partial charge on any atom is -0.370 e. The van der Waals surface area contributed by atoms with Crippen molar-refractivity contribution in [3.05, 3.63) is 83.0 Å². The Morgan fingerprint density at radius 2 is 1.75 bits per heavy atom. The topological polar surface area (TPSA) is 71.3 Å². The van der Waals surface area contributed by atoms with Gasteiger partial charge in [0, 0.05) is 35.3 Å². The van der Waals surface area contributed by atoms with E-state index in [4.69, 9.17) is 16.6 Å². The lowest BCUT2D eigenvalue weighted by atomic mass is 9.78. The van der Waals surface area contributed by atoms with E-state index in [0.717, 1.165) is 78.9 Å². The van der Waals surface area contributed by atoms with E-state index in [1.54, 1.807) is 0 Å². The van der Waals surface area contributed by atoms with Crippen molar-refractivity contribution in [2.45, 2.75) is 50.9 Å². The Bertz CT molecular complexity index is 1340. The van der Waals surface area contributed by atoms with E-state index in [9.17, 15) is 4.79 Å². The standard InChI is InChI=1S/C29H32ClN5O/c1-21-20-33-35-26(19-25(34-27(21)35)23-13-5-6-14-24(23)30)31-17-9-10-18-32-28(36)29(15-7-8-16-29)22-11-3-2-4-12-22/h2-6,11-14,19-20,31H,7-10,15-18H2,1H3,(H,32,36). The normalized spacial score (nSPS) is 14.7. The summed E-state index contributed by atoms with van der Waals surface area (Å²) in [5, 5.41) is 11.9. The van der Waals surface area contributed by atoms with Gasteiger partial charge in [-0.1, -0.05) is 73.0 Å². The monoisotopic (exact) mass is 501 g/mol. The number of anilines is 1. The molecule has 1 saturated carbocycles. The summed E-state index contributed by atoms with van der Waals surface area (Å²) >= 11 is 6.44. The second-order valence-corrected chi connectivity index (χ2v) is 10.0. The lowest BCUT2D eigenvalue weighted by molar-refractivity contribution is -0.126. The van der Waals surface area contributed by atoms with Crippen molar-refractivity contribution < 1.29 is 4.79 Å². The maximum absolute atomic E-state index is 13.2. The molecule has 0 saturated heterocycles. The molecule has 2 N–H and O–H groups in total. The summed E-state index contributed by atoms with van der Waals surface area (Å²) in [5.41, 5.74) is 4.31. The van der Waals surface area contributed by atoms with Gasteiger partial charge in [-0.15, -0.1) is 0 Å². The molecule has 2 aromatic carbocycles. The molecule has 1 amide bonds. The van der Waals surface area contributed by atoms with E-state index >= 15 is 0 Å². The number of aryl methyl sites for hydroxylation is 1. The zero-order chi connectivity index (χ0) is 25.0. The fraction of sp³-hybridized carbons (Fsp3) is 0.345. The second-order valence-electron chi connectivity index (χ2n) is 9.61. The van der Waals surface area contributed by atoms with Crippen LogP contribution in [0.15, 0.2) is 66.9 Å². The number of hydrogen-bond donors (Lipinski definition) is 2. The van der Waals surface area contributed by atoms with E-state index in [2.05, 4.69) is 27.9 Å². The van der Waals surface area contributed by atoms with Crippen molar-refractivity contribution >= 4 is 29.0 Å². The average Bonchev–Trinajstić information content (AvgIpc) is 3.55. The Kier molecular flexibility index (Phi) is 7.23. The summed E-state index contributed by atoms with van der Waals surface area (Å²) in [5.74, 6) is 1.05. The lowest BCUT2D eigenvalue weighted by Gasteiger charge is -2.28. The van der Waals surface area contributed by atoms with Crippen molar-refractivity contribution in [1.82, 2.24) is 19.9 Å². The van der Waals surface area contributed by atoms with Crippen LogP contribution in [0.1, 0.15) is 49.7 Å². The van der Waals surface area contributed by atoms with Crippen LogP contribution >= 0.6 is 11.6 Å². The van der Waals surface area contributed by atoms with E-state index in [1.807, 2.05) is 66.2 Å². The molecule has 36 heavy (non-hydrogen) atoms. The Balaban J connectivity index is 1.19. The van der Waals surface area contributed by atoms with Gasteiger partial charge < -0.3 is 10.6 Å². The molecule has 1 aliphatic carbocycles. The molecule has 1 fully saturated rings. The Hall–Kier alpha value is -3.38. The molecule has 2 heterocycles. The lowest BCUT2D eigenvalue weighted by Crippen LogP contribution is -2.43. The fourth-order valence-corrected chi connectivity index (χ4v) is 5.46. The molecular formula is C29H32ClN5O. The maximum Gasteiger partial charge on any atom is 0.230 e. The van der Waals surface area contributed by atoms with Gasteiger partial charge in [-0.05, 0) is 44.2 Å². The van der Waals surface area contributed by atoms with Gasteiger partial charge in [-0.3, -0.25) is 4.79 Å². The highest BCUT2D eigenvalue weighted by Crippen LogP contribution is 2.41. The van der Waals surface area contributed by atoms with Crippen LogP contribution in [0.5, 0.6) is 0 Å². The van der Waals surface area contributed by atoms with Gasteiger partial charge in [-0.25, -0.2) is 4.98 Å². The van der Waals surface area contributed by atoms with Gasteiger partial charge >= 0.3 is 0 Å². The van der Waals surface area contributed by atoms with Crippen LogP contribution in [-0.2, 0) is 10.2 Å². The molecular weight excluding hydrogens is 470 g/mol. The highest BCUT2D eigenvalue weighted by Gasteiger charge is 2.42. The Morgan fingerprint density at radius 1 is 1.03 bits per heavy atom. The number of hydrogen-bond acceptors (Lipinski definition) is 4. The predicted octanol–water partition coefficient (Wildman–Crippen LogP) is 6.18. The van der Waals surface area contributed by atoms with Gasteiger partial charge in [0.2, 0.25) is 5.91 Å². The molecule has 4 aromatic rings. The Labute approximate surface area is 217 Å². The van der Waals surface area contributed by atoms with Crippen LogP contribution in [0.2, 0.25) is 5.02 Å². The fourth-order valence-electron chi connectivity index (χ4n) is 5.23. The summed E-state index contributed by atoms with van der Waals surface area (Å²) in [7, 11) is 0. The van der Waals surface area contributed by atoms with E-state index in [1.165, 1.54) is 0 Å². The number of carbonyl (C=O) groups is 1. The molecule has 0 radical (unpaired) electrons. The highest BCUT2D eigenvalue weighted by atomic mass is 35.5. The number of rotatable bonds is 9. The number of nitrogens with zero attached hydrogens (tertiary/aromatic N) is 3. The third-order valence-corrected chi connectivity index (χ3v) is 7.54. The van der Waals surface area contributed by atoms with Crippen LogP contribution < -0.4 is 10.6 Å². The van der Waals surface area contributed by atoms with Crippen molar-refractivity contribution in [3.8, 4) is 11.3 Å². The van der Waals surface area contributed by atoms with Crippen LogP contribution in [0.4, 0.5) is 5.82 Å². The number of aromatic nitrogens is 3. The zero-order valence-corrected chi connectivity index (χ0v) is 21.4. The molecule has 1 aliphatic rings. The first-order valence-corrected chi connectivity index (χ1v) is 13.1. The van der Waals surface area contributed by atoms with Gasteiger partial charge in [-0.2, -0.15) is 9.61 Å². The molecule has 6 nitrogen and oxygen atoms in total. The van der Waals surface area contributed by atoms with Crippen LogP contribution in [-0.4, -0.2) is 33.6 Å². The van der Waals surface area contributed by atoms with Crippen molar-refractivity contribution in [2.75, 3.05) is 18.4 Å². The third-order valence-electron chi connectivity index (χ3n) is 7.21. The van der Waals surface area contributed by atoms with Crippen LogP contribution in [0.3, 0.4) is 0 Å². The summed E-state index contributed by atoms with van der Waals surface area (Å²) in [6, 6.07) is 20.0. The summed E-state index contributed by atoms with van der Waals surface area (Å²) in [4.78, 5) is 18.0. The van der Waals surface area contributed by atoms with Crippen LogP contribution in [0, 0.1) is 6.92 Å². The first-order chi connectivity index (χ1) is 17.6. The number of unbranched alkanes of at least 4 members (excludes halogenated alkanes) is 1. The van der Waals surface area contributed by atoms with Crippen molar-refractivity contribution in [1.29, 1.82) is 0 Å². The maximum atomic E-state index is 13.2. The first kappa shape index (κ1) is 24.3. The largest absolute Gasteiger partial charge is 0.370 e. The zero-order valence-electron chi connectivity index (χ0n) is 20.6. The van der Waals surface area contributed by atoms with Crippen molar-refractivity contribution in [2.24, 2.45) is 0 Å². The number of fused-ring (bicyclic) bond motifs is 1. The van der Waals surface area contributed by atoms with Gasteiger partial charge in [0.05, 0.1) is 17.3 Å². The molecule has 186 valence electrons. The summed E-state index contributed by atoms with van der Waals surface area (Å²) in [6.07, 6.45) is 7.72. The predicted molar refractivity (Wildman–Crippen MR) is 145 cm³/mol. The van der Waals surface area contributed by atoms with E-state index in [0.29, 0.717) is 11.6 Å². The summed E-state index contributed by atoms with van der Waals surface area (Å²) < 4.78 is 1.83. The number of halogens is 1. The highest BCUT2D eigenvalue weighted by molar-refractivity contribution is 6.33. The smallest absolute Gasteiger partial charge is 0.230 e. The minimum absolute atomic E-state index is 0.173. The SMILES string of the molecule is Cc1cnn2c(NCCCCNC(=O)C3(c4ccccc4)CCCC3)cc(-c3ccccc3Cl)nc12. The molecule has 2 aromatic heterocycles. The number of carbonyl (C=O) groups excluding carboxylic acids is 1. The van der Waals surface area contributed by atoms with E-state index in [-0.39, 0.29) is 11.3 Å². The molecule has 0 aliphatic heterocycles. The number of amides is 1. The van der Waals surface area contributed by atoms with Gasteiger partial charge in [0.25, 0.3) is 0 Å². The summed E-state index contributed by atoms with van der Waals surface area (Å²) in [6.45, 7) is 3.44. The quantitative estimate of drug-likeness (QED) is 0.269. The molecule has 5 rings (SSSR count). The molecule has 7 heteroatoms.